The fourth-order valence-electron chi connectivity index (χ4n) is 2.27. The summed E-state index contributed by atoms with van der Waals surface area (Å²) >= 11 is 0. The summed E-state index contributed by atoms with van der Waals surface area (Å²) in [4.78, 5) is 2.39. The zero-order valence-corrected chi connectivity index (χ0v) is 11.0. The van der Waals surface area contributed by atoms with E-state index in [0.29, 0.717) is 6.04 Å². The minimum Gasteiger partial charge on any atom is -0.317 e. The molecule has 1 aliphatic rings. The molecule has 0 radical (unpaired) electrons. The number of hydrogen-bond acceptors (Lipinski definition) is 2. The Balaban J connectivity index is 0.00000144. The second-order valence-corrected chi connectivity index (χ2v) is 4.47. The van der Waals surface area contributed by atoms with E-state index in [2.05, 4.69) is 10.2 Å². The van der Waals surface area contributed by atoms with Gasteiger partial charge in [0.1, 0.15) is 5.82 Å². The maximum Gasteiger partial charge on any atom is 0.123 e. The van der Waals surface area contributed by atoms with Gasteiger partial charge in [0.15, 0.2) is 0 Å². The number of nitrogens with one attached hydrogen (secondary N) is 1. The van der Waals surface area contributed by atoms with Crippen LogP contribution >= 0.6 is 12.4 Å². The van der Waals surface area contributed by atoms with E-state index in [1.807, 2.05) is 13.1 Å². The van der Waals surface area contributed by atoms with Crippen molar-refractivity contribution in [3.8, 4) is 0 Å². The van der Waals surface area contributed by atoms with Gasteiger partial charge < -0.3 is 5.32 Å². The molecule has 2 rings (SSSR count). The molecule has 17 heavy (non-hydrogen) atoms. The van der Waals surface area contributed by atoms with Crippen molar-refractivity contribution in [2.24, 2.45) is 0 Å². The Kier molecular flexibility index (Phi) is 5.89. The molecule has 1 aromatic carbocycles. The highest BCUT2D eigenvalue weighted by atomic mass is 35.5. The molecule has 1 fully saturated rings. The predicted molar refractivity (Wildman–Crippen MR) is 71.0 cm³/mol. The minimum atomic E-state index is -0.136. The zero-order chi connectivity index (χ0) is 11.4. The fourth-order valence-corrected chi connectivity index (χ4v) is 2.27. The van der Waals surface area contributed by atoms with Crippen LogP contribution in [0.3, 0.4) is 0 Å². The Morgan fingerprint density at radius 3 is 2.65 bits per heavy atom. The summed E-state index contributed by atoms with van der Waals surface area (Å²) in [6.07, 6.45) is 2.37. The molecule has 0 aromatic heterocycles. The summed E-state index contributed by atoms with van der Waals surface area (Å²) in [7, 11) is 2.02. The normalized spacial score (nSPS) is 17.8. The molecule has 1 aliphatic heterocycles. The molecule has 0 amide bonds. The zero-order valence-electron chi connectivity index (χ0n) is 10.2. The van der Waals surface area contributed by atoms with Crippen LogP contribution in [-0.2, 0) is 6.54 Å². The summed E-state index contributed by atoms with van der Waals surface area (Å²) in [5, 5.41) is 3.31. The van der Waals surface area contributed by atoms with Crippen LogP contribution < -0.4 is 5.32 Å². The second kappa shape index (κ2) is 6.94. The van der Waals surface area contributed by atoms with Crippen molar-refractivity contribution in [1.82, 2.24) is 10.2 Å². The smallest absolute Gasteiger partial charge is 0.123 e. The highest BCUT2D eigenvalue weighted by molar-refractivity contribution is 5.85. The van der Waals surface area contributed by atoms with Crippen molar-refractivity contribution >= 4 is 12.4 Å². The third-order valence-corrected chi connectivity index (χ3v) is 3.29. The lowest BCUT2D eigenvalue weighted by molar-refractivity contribution is 0.194. The highest BCUT2D eigenvalue weighted by Gasteiger charge is 2.17. The maximum atomic E-state index is 13.0. The lowest BCUT2D eigenvalue weighted by Gasteiger charge is -2.31. The molecule has 1 heterocycles. The highest BCUT2D eigenvalue weighted by Crippen LogP contribution is 2.14. The molecule has 0 atom stereocenters. The van der Waals surface area contributed by atoms with Crippen molar-refractivity contribution in [2.75, 3.05) is 20.1 Å². The Bertz CT molecular complexity index is 338. The molecule has 96 valence electrons. The van der Waals surface area contributed by atoms with Crippen molar-refractivity contribution in [1.29, 1.82) is 0 Å². The van der Waals surface area contributed by atoms with Gasteiger partial charge in [0, 0.05) is 12.6 Å². The van der Waals surface area contributed by atoms with Crippen LogP contribution in [-0.4, -0.2) is 31.1 Å². The lowest BCUT2D eigenvalue weighted by Crippen LogP contribution is -2.40. The topological polar surface area (TPSA) is 15.3 Å². The van der Waals surface area contributed by atoms with E-state index in [1.165, 1.54) is 18.9 Å². The number of hydrogen-bond donors (Lipinski definition) is 1. The summed E-state index contributed by atoms with van der Waals surface area (Å²) < 4.78 is 13.0. The first-order chi connectivity index (χ1) is 7.78. The van der Waals surface area contributed by atoms with E-state index in [1.54, 1.807) is 12.1 Å². The molecule has 2 nitrogen and oxygen atoms in total. The molecule has 4 heteroatoms. The number of likely N-dealkylation sites (tertiary alicyclic amines) is 1. The number of nitrogens with zero attached hydrogens (tertiary/aromatic N) is 1. The quantitative estimate of drug-likeness (QED) is 0.896. The summed E-state index contributed by atoms with van der Waals surface area (Å²) in [5.41, 5.74) is 1.07. The van der Waals surface area contributed by atoms with E-state index >= 15 is 0 Å². The predicted octanol–water partition coefficient (Wildman–Crippen LogP) is 2.43. The SMILES string of the molecule is CNC1CCN(Cc2cccc(F)c2)CC1.Cl. The average Bonchev–Trinajstić information content (AvgIpc) is 2.30. The largest absolute Gasteiger partial charge is 0.317 e. The van der Waals surface area contributed by atoms with Crippen molar-refractivity contribution in [3.63, 3.8) is 0 Å². The van der Waals surface area contributed by atoms with Gasteiger partial charge in [-0.15, -0.1) is 12.4 Å². The Labute approximate surface area is 109 Å². The average molecular weight is 259 g/mol. The minimum absolute atomic E-state index is 0. The van der Waals surface area contributed by atoms with Crippen molar-refractivity contribution in [2.45, 2.75) is 25.4 Å². The Morgan fingerprint density at radius 2 is 2.06 bits per heavy atom. The van der Waals surface area contributed by atoms with Crippen LogP contribution in [0.5, 0.6) is 0 Å². The summed E-state index contributed by atoms with van der Waals surface area (Å²) in [6.45, 7) is 3.07. The van der Waals surface area contributed by atoms with E-state index in [4.69, 9.17) is 0 Å². The third kappa shape index (κ3) is 4.26. The van der Waals surface area contributed by atoms with Crippen LogP contribution in [0.2, 0.25) is 0 Å². The summed E-state index contributed by atoms with van der Waals surface area (Å²) in [6, 6.07) is 7.56. The monoisotopic (exact) mass is 258 g/mol. The standard InChI is InChI=1S/C13H19FN2.ClH/c1-15-13-5-7-16(8-6-13)10-11-3-2-4-12(14)9-11;/h2-4,9,13,15H,5-8,10H2,1H3;1H. The molecule has 1 aromatic rings. The van der Waals surface area contributed by atoms with Gasteiger partial charge in [-0.1, -0.05) is 12.1 Å². The van der Waals surface area contributed by atoms with E-state index < -0.39 is 0 Å². The van der Waals surface area contributed by atoms with Gasteiger partial charge >= 0.3 is 0 Å². The van der Waals surface area contributed by atoms with Crippen LogP contribution in [0.1, 0.15) is 18.4 Å². The van der Waals surface area contributed by atoms with Gasteiger partial charge in [-0.2, -0.15) is 0 Å². The molecule has 1 saturated heterocycles. The fraction of sp³-hybridized carbons (Fsp3) is 0.538. The molecule has 0 bridgehead atoms. The molecular weight excluding hydrogens is 239 g/mol. The van der Waals surface area contributed by atoms with Gasteiger partial charge in [-0.25, -0.2) is 4.39 Å². The van der Waals surface area contributed by atoms with Gasteiger partial charge in [-0.05, 0) is 50.7 Å². The Morgan fingerprint density at radius 1 is 1.35 bits per heavy atom. The molecule has 0 unspecified atom stereocenters. The lowest BCUT2D eigenvalue weighted by atomic mass is 10.0. The first-order valence-electron chi connectivity index (χ1n) is 5.92. The first kappa shape index (κ1) is 14.4. The number of piperidine rings is 1. The third-order valence-electron chi connectivity index (χ3n) is 3.29. The van der Waals surface area contributed by atoms with Gasteiger partial charge in [-0.3, -0.25) is 4.90 Å². The van der Waals surface area contributed by atoms with Crippen LogP contribution in [0.15, 0.2) is 24.3 Å². The summed E-state index contributed by atoms with van der Waals surface area (Å²) in [5.74, 6) is -0.136. The molecule has 1 N–H and O–H groups in total. The molecule has 0 spiro atoms. The number of rotatable bonds is 3. The van der Waals surface area contributed by atoms with E-state index in [9.17, 15) is 4.39 Å². The maximum absolute atomic E-state index is 13.0. The molecule has 0 saturated carbocycles. The molecular formula is C13H20ClFN2. The second-order valence-electron chi connectivity index (χ2n) is 4.47. The van der Waals surface area contributed by atoms with E-state index in [0.717, 1.165) is 25.2 Å². The van der Waals surface area contributed by atoms with Gasteiger partial charge in [0.25, 0.3) is 0 Å². The number of halogens is 2. The van der Waals surface area contributed by atoms with Crippen molar-refractivity contribution < 1.29 is 4.39 Å². The van der Waals surface area contributed by atoms with Gasteiger partial charge in [0.05, 0.1) is 0 Å². The van der Waals surface area contributed by atoms with Crippen LogP contribution in [0.4, 0.5) is 4.39 Å². The number of benzene rings is 1. The van der Waals surface area contributed by atoms with Crippen LogP contribution in [0.25, 0.3) is 0 Å². The van der Waals surface area contributed by atoms with Gasteiger partial charge in [0.2, 0.25) is 0 Å². The Hall–Kier alpha value is -0.640. The van der Waals surface area contributed by atoms with E-state index in [-0.39, 0.29) is 18.2 Å². The van der Waals surface area contributed by atoms with Crippen LogP contribution in [0, 0.1) is 5.82 Å². The van der Waals surface area contributed by atoms with Crippen molar-refractivity contribution in [3.05, 3.63) is 35.6 Å². The first-order valence-corrected chi connectivity index (χ1v) is 5.92. The molecule has 0 aliphatic carbocycles.